The van der Waals surface area contributed by atoms with Gasteiger partial charge >= 0.3 is 0 Å². The summed E-state index contributed by atoms with van der Waals surface area (Å²) in [6.07, 6.45) is 7.16. The molecule has 0 unspecified atom stereocenters. The number of aromatic nitrogens is 6. The average molecular weight is 341 g/mol. The first-order chi connectivity index (χ1) is 12.9. The van der Waals surface area contributed by atoms with Gasteiger partial charge in [0.1, 0.15) is 12.1 Å². The Hall–Kier alpha value is -3.74. The highest BCUT2D eigenvalue weighted by atomic mass is 15.3. The predicted octanol–water partition coefficient (Wildman–Crippen LogP) is 3.08. The fourth-order valence-electron chi connectivity index (χ4n) is 3.05. The maximum absolute atomic E-state index is 4.48. The summed E-state index contributed by atoms with van der Waals surface area (Å²) in [7, 11) is 0. The SMILES string of the molecule is c1ccc(-n2ncc3c(NCc4cnn5ccccc45)ncnc32)cc1. The number of hydrogen-bond donors (Lipinski definition) is 1. The molecule has 1 N–H and O–H groups in total. The van der Waals surface area contributed by atoms with Gasteiger partial charge in [0.2, 0.25) is 0 Å². The molecular formula is C19H15N7. The molecule has 0 aliphatic carbocycles. The Balaban J connectivity index is 1.49. The monoisotopic (exact) mass is 341 g/mol. The van der Waals surface area contributed by atoms with Gasteiger partial charge in [0, 0.05) is 18.3 Å². The Morgan fingerprint density at radius 1 is 0.885 bits per heavy atom. The van der Waals surface area contributed by atoms with Gasteiger partial charge in [-0.15, -0.1) is 0 Å². The van der Waals surface area contributed by atoms with Crippen LogP contribution in [0.15, 0.2) is 73.4 Å². The minimum absolute atomic E-state index is 0.621. The third-order valence-corrected chi connectivity index (χ3v) is 4.32. The minimum atomic E-state index is 0.621. The van der Waals surface area contributed by atoms with Crippen molar-refractivity contribution >= 4 is 22.4 Å². The Morgan fingerprint density at radius 2 is 1.77 bits per heavy atom. The predicted molar refractivity (Wildman–Crippen MR) is 99.2 cm³/mol. The van der Waals surface area contributed by atoms with Crippen LogP contribution < -0.4 is 5.32 Å². The standard InChI is InChI=1S/C19H15N7/c1-2-6-15(7-3-1)26-19-16(12-24-26)18(21-13-22-19)20-10-14-11-23-25-9-5-4-8-17(14)25/h1-9,11-13H,10H2,(H,20,21,22). The topological polar surface area (TPSA) is 72.9 Å². The lowest BCUT2D eigenvalue weighted by Gasteiger charge is -2.06. The van der Waals surface area contributed by atoms with E-state index in [9.17, 15) is 0 Å². The summed E-state index contributed by atoms with van der Waals surface area (Å²) >= 11 is 0. The number of anilines is 1. The molecule has 0 aliphatic heterocycles. The van der Waals surface area contributed by atoms with Crippen molar-refractivity contribution in [1.82, 2.24) is 29.4 Å². The number of para-hydroxylation sites is 1. The Labute approximate surface area is 148 Å². The first-order valence-corrected chi connectivity index (χ1v) is 8.29. The molecule has 5 aromatic rings. The van der Waals surface area contributed by atoms with E-state index in [0.29, 0.717) is 6.54 Å². The van der Waals surface area contributed by atoms with Crippen LogP contribution >= 0.6 is 0 Å². The quantitative estimate of drug-likeness (QED) is 0.544. The van der Waals surface area contributed by atoms with Crippen LogP contribution in [0.4, 0.5) is 5.82 Å². The highest BCUT2D eigenvalue weighted by molar-refractivity contribution is 5.87. The number of nitrogens with zero attached hydrogens (tertiary/aromatic N) is 6. The average Bonchev–Trinajstić information content (AvgIpc) is 3.32. The van der Waals surface area contributed by atoms with E-state index in [-0.39, 0.29) is 0 Å². The van der Waals surface area contributed by atoms with Crippen molar-refractivity contribution in [2.75, 3.05) is 5.32 Å². The lowest BCUT2D eigenvalue weighted by molar-refractivity contribution is 0.895. The Kier molecular flexibility index (Phi) is 3.35. The molecule has 5 rings (SSSR count). The van der Waals surface area contributed by atoms with E-state index in [0.717, 1.165) is 33.6 Å². The summed E-state index contributed by atoms with van der Waals surface area (Å²) < 4.78 is 3.68. The summed E-state index contributed by atoms with van der Waals surface area (Å²) in [5.41, 5.74) is 3.92. The van der Waals surface area contributed by atoms with Crippen LogP contribution in [0.3, 0.4) is 0 Å². The van der Waals surface area contributed by atoms with E-state index < -0.39 is 0 Å². The number of fused-ring (bicyclic) bond motifs is 2. The Bertz CT molecular complexity index is 1190. The highest BCUT2D eigenvalue weighted by Crippen LogP contribution is 2.22. The molecule has 4 aromatic heterocycles. The molecule has 26 heavy (non-hydrogen) atoms. The molecule has 0 radical (unpaired) electrons. The zero-order valence-electron chi connectivity index (χ0n) is 13.8. The van der Waals surface area contributed by atoms with Crippen LogP contribution in [0.5, 0.6) is 0 Å². The molecule has 0 atom stereocenters. The number of benzene rings is 1. The summed E-state index contributed by atoms with van der Waals surface area (Å²) in [5.74, 6) is 0.757. The van der Waals surface area contributed by atoms with E-state index in [1.165, 1.54) is 0 Å². The molecule has 0 aliphatic rings. The fraction of sp³-hybridized carbons (Fsp3) is 0.0526. The minimum Gasteiger partial charge on any atom is -0.365 e. The van der Waals surface area contributed by atoms with Crippen molar-refractivity contribution in [3.05, 3.63) is 79.0 Å². The maximum Gasteiger partial charge on any atom is 0.168 e. The molecule has 0 saturated carbocycles. The zero-order valence-corrected chi connectivity index (χ0v) is 13.8. The van der Waals surface area contributed by atoms with Crippen LogP contribution in [0, 0.1) is 0 Å². The third kappa shape index (κ3) is 2.37. The van der Waals surface area contributed by atoms with E-state index in [1.54, 1.807) is 12.5 Å². The maximum atomic E-state index is 4.48. The van der Waals surface area contributed by atoms with Crippen molar-refractivity contribution in [2.24, 2.45) is 0 Å². The molecule has 7 nitrogen and oxygen atoms in total. The van der Waals surface area contributed by atoms with Crippen molar-refractivity contribution in [2.45, 2.75) is 6.54 Å². The van der Waals surface area contributed by atoms with Gasteiger partial charge in [-0.2, -0.15) is 10.2 Å². The molecular weight excluding hydrogens is 326 g/mol. The largest absolute Gasteiger partial charge is 0.365 e. The second kappa shape index (κ2) is 5.96. The molecule has 126 valence electrons. The number of rotatable bonds is 4. The van der Waals surface area contributed by atoms with Crippen LogP contribution in [0.2, 0.25) is 0 Å². The molecule has 0 fully saturated rings. The van der Waals surface area contributed by atoms with Crippen molar-refractivity contribution < 1.29 is 0 Å². The fourth-order valence-corrected chi connectivity index (χ4v) is 3.05. The number of nitrogens with one attached hydrogen (secondary N) is 1. The highest BCUT2D eigenvalue weighted by Gasteiger charge is 2.11. The molecule has 0 bridgehead atoms. The van der Waals surface area contributed by atoms with Crippen molar-refractivity contribution in [3.63, 3.8) is 0 Å². The van der Waals surface area contributed by atoms with Gasteiger partial charge in [-0.1, -0.05) is 24.3 Å². The van der Waals surface area contributed by atoms with E-state index >= 15 is 0 Å². The number of hydrogen-bond acceptors (Lipinski definition) is 5. The molecule has 4 heterocycles. The van der Waals surface area contributed by atoms with Gasteiger partial charge in [0.15, 0.2) is 5.65 Å². The van der Waals surface area contributed by atoms with Crippen molar-refractivity contribution in [3.8, 4) is 5.69 Å². The van der Waals surface area contributed by atoms with Gasteiger partial charge in [-0.25, -0.2) is 19.2 Å². The Morgan fingerprint density at radius 3 is 2.69 bits per heavy atom. The van der Waals surface area contributed by atoms with Gasteiger partial charge in [0.25, 0.3) is 0 Å². The van der Waals surface area contributed by atoms with Gasteiger partial charge < -0.3 is 5.32 Å². The van der Waals surface area contributed by atoms with Crippen LogP contribution in [0.1, 0.15) is 5.56 Å². The zero-order chi connectivity index (χ0) is 17.3. The van der Waals surface area contributed by atoms with Crippen LogP contribution in [-0.4, -0.2) is 29.4 Å². The smallest absolute Gasteiger partial charge is 0.168 e. The number of pyridine rings is 1. The van der Waals surface area contributed by atoms with E-state index in [4.69, 9.17) is 0 Å². The third-order valence-electron chi connectivity index (χ3n) is 4.32. The molecule has 0 spiro atoms. The normalized spacial score (nSPS) is 11.2. The van der Waals surface area contributed by atoms with Crippen LogP contribution in [0.25, 0.3) is 22.2 Å². The molecule has 0 saturated heterocycles. The summed E-state index contributed by atoms with van der Waals surface area (Å²) in [4.78, 5) is 8.80. The summed E-state index contributed by atoms with van der Waals surface area (Å²) in [5, 5.41) is 13.1. The van der Waals surface area contributed by atoms with E-state index in [1.807, 2.05) is 70.1 Å². The van der Waals surface area contributed by atoms with Crippen LogP contribution in [-0.2, 0) is 6.54 Å². The van der Waals surface area contributed by atoms with Gasteiger partial charge in [0.05, 0.1) is 29.0 Å². The lowest BCUT2D eigenvalue weighted by Crippen LogP contribution is -2.03. The first-order valence-electron chi connectivity index (χ1n) is 8.29. The van der Waals surface area contributed by atoms with E-state index in [2.05, 4.69) is 25.5 Å². The van der Waals surface area contributed by atoms with Gasteiger partial charge in [-0.05, 0) is 24.3 Å². The second-order valence-electron chi connectivity index (χ2n) is 5.91. The summed E-state index contributed by atoms with van der Waals surface area (Å²) in [6.45, 7) is 0.621. The molecule has 1 aromatic carbocycles. The van der Waals surface area contributed by atoms with Crippen molar-refractivity contribution in [1.29, 1.82) is 0 Å². The molecule has 7 heteroatoms. The molecule has 0 amide bonds. The first kappa shape index (κ1) is 14.6. The van der Waals surface area contributed by atoms with Gasteiger partial charge in [-0.3, -0.25) is 0 Å². The lowest BCUT2D eigenvalue weighted by atomic mass is 10.2. The second-order valence-corrected chi connectivity index (χ2v) is 5.91. The summed E-state index contributed by atoms with van der Waals surface area (Å²) in [6, 6.07) is 16.0.